The van der Waals surface area contributed by atoms with Crippen LogP contribution in [0.5, 0.6) is 0 Å². The zero-order chi connectivity index (χ0) is 15.1. The second-order valence-corrected chi connectivity index (χ2v) is 4.79. The summed E-state index contributed by atoms with van der Waals surface area (Å²) in [5.74, 6) is -0.718. The van der Waals surface area contributed by atoms with Gasteiger partial charge < -0.3 is 20.4 Å². The van der Waals surface area contributed by atoms with Crippen molar-refractivity contribution in [2.75, 3.05) is 18.9 Å². The van der Waals surface area contributed by atoms with Gasteiger partial charge in [-0.1, -0.05) is 13.8 Å². The maximum absolute atomic E-state index is 11.5. The van der Waals surface area contributed by atoms with Crippen LogP contribution >= 0.6 is 0 Å². The number of nitrogen functional groups attached to an aromatic ring is 1. The number of amides is 1. The van der Waals surface area contributed by atoms with Gasteiger partial charge in [-0.15, -0.1) is 0 Å². The lowest BCUT2D eigenvalue weighted by Crippen LogP contribution is -2.32. The van der Waals surface area contributed by atoms with Gasteiger partial charge in [-0.25, -0.2) is 0 Å². The molecule has 0 spiro atoms. The number of hydrogen-bond donors (Lipinski definition) is 2. The molecule has 0 aromatic carbocycles. The van der Waals surface area contributed by atoms with Crippen LogP contribution < -0.4 is 16.6 Å². The number of pyridine rings is 1. The molecule has 1 heterocycles. The van der Waals surface area contributed by atoms with Crippen LogP contribution in [0.1, 0.15) is 13.8 Å². The summed E-state index contributed by atoms with van der Waals surface area (Å²) >= 11 is 0. The van der Waals surface area contributed by atoms with Crippen molar-refractivity contribution in [3.05, 3.63) is 28.7 Å². The molecule has 0 saturated heterocycles. The molecular weight excluding hydrogens is 262 g/mol. The minimum Gasteiger partial charge on any atom is -0.454 e. The van der Waals surface area contributed by atoms with Crippen molar-refractivity contribution in [2.45, 2.75) is 20.4 Å². The Kier molecular flexibility index (Phi) is 5.76. The topological polar surface area (TPSA) is 103 Å². The van der Waals surface area contributed by atoms with Crippen molar-refractivity contribution in [1.29, 1.82) is 0 Å². The van der Waals surface area contributed by atoms with Crippen molar-refractivity contribution in [3.8, 4) is 0 Å². The molecule has 7 heteroatoms. The third-order valence-electron chi connectivity index (χ3n) is 2.38. The highest BCUT2D eigenvalue weighted by atomic mass is 16.5. The fourth-order valence-corrected chi connectivity index (χ4v) is 1.37. The van der Waals surface area contributed by atoms with Crippen LogP contribution in [-0.2, 0) is 20.9 Å². The number of carbonyl (C=O) groups excluding carboxylic acids is 2. The van der Waals surface area contributed by atoms with Crippen molar-refractivity contribution < 1.29 is 14.3 Å². The zero-order valence-corrected chi connectivity index (χ0v) is 11.6. The van der Waals surface area contributed by atoms with Gasteiger partial charge >= 0.3 is 5.97 Å². The van der Waals surface area contributed by atoms with Gasteiger partial charge in [-0.2, -0.15) is 0 Å². The number of nitrogens with one attached hydrogen (secondary N) is 1. The fourth-order valence-electron chi connectivity index (χ4n) is 1.37. The lowest BCUT2D eigenvalue weighted by Gasteiger charge is -2.09. The molecule has 0 bridgehead atoms. The molecule has 20 heavy (non-hydrogen) atoms. The first-order valence-electron chi connectivity index (χ1n) is 6.26. The van der Waals surface area contributed by atoms with Crippen LogP contribution in [0.4, 0.5) is 5.69 Å². The second-order valence-electron chi connectivity index (χ2n) is 4.79. The highest BCUT2D eigenvalue weighted by Gasteiger charge is 2.09. The van der Waals surface area contributed by atoms with Gasteiger partial charge in [0.15, 0.2) is 6.61 Å². The number of anilines is 1. The number of ether oxygens (including phenoxy) is 1. The molecule has 0 radical (unpaired) electrons. The molecule has 0 aliphatic carbocycles. The first kappa shape index (κ1) is 15.7. The van der Waals surface area contributed by atoms with E-state index in [1.165, 1.54) is 18.3 Å². The van der Waals surface area contributed by atoms with Crippen LogP contribution in [0.15, 0.2) is 23.1 Å². The number of nitrogens with two attached hydrogens (primary N) is 1. The van der Waals surface area contributed by atoms with Gasteiger partial charge in [0.1, 0.15) is 6.54 Å². The predicted molar refractivity (Wildman–Crippen MR) is 73.9 cm³/mol. The quantitative estimate of drug-likeness (QED) is 0.700. The first-order chi connectivity index (χ1) is 9.38. The summed E-state index contributed by atoms with van der Waals surface area (Å²) in [5.41, 5.74) is 5.52. The Morgan fingerprint density at radius 2 is 2.10 bits per heavy atom. The summed E-state index contributed by atoms with van der Waals surface area (Å²) in [6.45, 7) is 3.80. The van der Waals surface area contributed by atoms with Crippen LogP contribution in [0, 0.1) is 5.92 Å². The summed E-state index contributed by atoms with van der Waals surface area (Å²) in [6, 6.07) is 2.71. The molecule has 1 aromatic heterocycles. The van der Waals surface area contributed by atoms with Gasteiger partial charge in [-0.05, 0) is 12.0 Å². The van der Waals surface area contributed by atoms with E-state index in [0.717, 1.165) is 4.57 Å². The summed E-state index contributed by atoms with van der Waals surface area (Å²) in [6.07, 6.45) is 1.35. The van der Waals surface area contributed by atoms with Crippen molar-refractivity contribution in [2.24, 2.45) is 5.92 Å². The second kappa shape index (κ2) is 7.32. The molecule has 0 atom stereocenters. The number of rotatable bonds is 6. The van der Waals surface area contributed by atoms with E-state index in [4.69, 9.17) is 10.5 Å². The van der Waals surface area contributed by atoms with Crippen LogP contribution in [-0.4, -0.2) is 29.6 Å². The Bertz CT molecular complexity index is 537. The average molecular weight is 281 g/mol. The Balaban J connectivity index is 2.42. The first-order valence-corrected chi connectivity index (χ1v) is 6.26. The summed E-state index contributed by atoms with van der Waals surface area (Å²) in [4.78, 5) is 34.3. The van der Waals surface area contributed by atoms with E-state index in [1.54, 1.807) is 0 Å². The van der Waals surface area contributed by atoms with Gasteiger partial charge in [0.05, 0.1) is 0 Å². The SMILES string of the molecule is CC(C)CNC(=O)COC(=O)Cn1cc(N)ccc1=O. The number of aromatic nitrogens is 1. The Morgan fingerprint density at radius 1 is 1.40 bits per heavy atom. The monoisotopic (exact) mass is 281 g/mol. The summed E-state index contributed by atoms with van der Waals surface area (Å²) < 4.78 is 5.91. The van der Waals surface area contributed by atoms with Crippen LogP contribution in [0.25, 0.3) is 0 Å². The summed E-state index contributed by atoms with van der Waals surface area (Å²) in [7, 11) is 0. The molecule has 1 aromatic rings. The Hall–Kier alpha value is -2.31. The Labute approximate surface area is 116 Å². The molecule has 1 rings (SSSR count). The van der Waals surface area contributed by atoms with Gasteiger partial charge in [-0.3, -0.25) is 14.4 Å². The van der Waals surface area contributed by atoms with Crippen molar-refractivity contribution in [3.63, 3.8) is 0 Å². The number of carbonyl (C=O) groups is 2. The molecular formula is C13H19N3O4. The third-order valence-corrected chi connectivity index (χ3v) is 2.38. The Morgan fingerprint density at radius 3 is 2.75 bits per heavy atom. The molecule has 3 N–H and O–H groups in total. The number of nitrogens with zero attached hydrogens (tertiary/aromatic N) is 1. The standard InChI is InChI=1S/C13H19N3O4/c1-9(2)5-15-11(17)8-20-13(19)7-16-6-10(14)3-4-12(16)18/h3-4,6,9H,5,7-8,14H2,1-2H3,(H,15,17). The molecule has 0 aliphatic heterocycles. The van der Waals surface area contributed by atoms with Crippen molar-refractivity contribution in [1.82, 2.24) is 9.88 Å². The molecule has 110 valence electrons. The lowest BCUT2D eigenvalue weighted by molar-refractivity contribution is -0.149. The zero-order valence-electron chi connectivity index (χ0n) is 11.6. The molecule has 1 amide bonds. The largest absolute Gasteiger partial charge is 0.454 e. The molecule has 0 aliphatic rings. The average Bonchev–Trinajstić information content (AvgIpc) is 2.38. The van der Waals surface area contributed by atoms with E-state index >= 15 is 0 Å². The molecule has 0 saturated carbocycles. The maximum Gasteiger partial charge on any atom is 0.326 e. The van der Waals surface area contributed by atoms with Crippen LogP contribution in [0.3, 0.4) is 0 Å². The predicted octanol–water partition coefficient (Wildman–Crippen LogP) is -0.254. The normalized spacial score (nSPS) is 10.3. The minimum absolute atomic E-state index is 0.276. The van der Waals surface area contributed by atoms with E-state index in [9.17, 15) is 14.4 Å². The molecule has 0 fully saturated rings. The van der Waals surface area contributed by atoms with E-state index < -0.39 is 5.97 Å². The highest BCUT2D eigenvalue weighted by molar-refractivity contribution is 5.80. The number of hydrogen-bond acceptors (Lipinski definition) is 5. The van der Waals surface area contributed by atoms with E-state index in [0.29, 0.717) is 18.2 Å². The fraction of sp³-hybridized carbons (Fsp3) is 0.462. The highest BCUT2D eigenvalue weighted by Crippen LogP contribution is 1.96. The molecule has 7 nitrogen and oxygen atoms in total. The minimum atomic E-state index is -0.669. The van der Waals surface area contributed by atoms with E-state index in [1.807, 2.05) is 13.8 Å². The summed E-state index contributed by atoms with van der Waals surface area (Å²) in [5, 5.41) is 2.62. The molecule has 0 unspecified atom stereocenters. The van der Waals surface area contributed by atoms with Crippen molar-refractivity contribution >= 4 is 17.6 Å². The smallest absolute Gasteiger partial charge is 0.326 e. The van der Waals surface area contributed by atoms with E-state index in [2.05, 4.69) is 5.32 Å². The maximum atomic E-state index is 11.5. The van der Waals surface area contributed by atoms with Gasteiger partial charge in [0.25, 0.3) is 11.5 Å². The van der Waals surface area contributed by atoms with Gasteiger partial charge in [0.2, 0.25) is 0 Å². The van der Waals surface area contributed by atoms with Gasteiger partial charge in [0, 0.05) is 24.5 Å². The lowest BCUT2D eigenvalue weighted by atomic mass is 10.2. The van der Waals surface area contributed by atoms with E-state index in [-0.39, 0.29) is 24.6 Å². The third kappa shape index (κ3) is 5.55. The van der Waals surface area contributed by atoms with Crippen LogP contribution in [0.2, 0.25) is 0 Å². The number of esters is 1.